The summed E-state index contributed by atoms with van der Waals surface area (Å²) in [5.41, 5.74) is 0.482. The molecule has 0 saturated carbocycles. The van der Waals surface area contributed by atoms with Gasteiger partial charge < -0.3 is 5.32 Å². The second kappa shape index (κ2) is 3.14. The van der Waals surface area contributed by atoms with Gasteiger partial charge in [0.2, 0.25) is 0 Å². The van der Waals surface area contributed by atoms with Gasteiger partial charge in [-0.15, -0.1) is 0 Å². The molecule has 0 aromatic carbocycles. The Hall–Kier alpha value is -0.0400. The van der Waals surface area contributed by atoms with E-state index in [0.717, 1.165) is 12.0 Å². The maximum atomic E-state index is 3.56. The van der Waals surface area contributed by atoms with Crippen LogP contribution in [0.5, 0.6) is 0 Å². The average Bonchev–Trinajstić information content (AvgIpc) is 2.12. The average molecular weight is 155 g/mol. The fourth-order valence-corrected chi connectivity index (χ4v) is 1.83. The first kappa shape index (κ1) is 9.05. The van der Waals surface area contributed by atoms with Crippen molar-refractivity contribution in [2.24, 2.45) is 11.3 Å². The normalized spacial score (nSPS) is 32.7. The number of hydrogen-bond acceptors (Lipinski definition) is 1. The molecule has 1 rings (SSSR count). The number of nitrogens with one attached hydrogen (secondary N) is 1. The molecular weight excluding hydrogens is 134 g/mol. The summed E-state index contributed by atoms with van der Waals surface area (Å²) in [6.07, 6.45) is 2.68. The lowest BCUT2D eigenvalue weighted by Gasteiger charge is -2.25. The van der Waals surface area contributed by atoms with Gasteiger partial charge in [0.15, 0.2) is 0 Å². The first-order valence-corrected chi connectivity index (χ1v) is 4.72. The molecule has 0 amide bonds. The molecule has 0 bridgehead atoms. The van der Waals surface area contributed by atoms with Gasteiger partial charge in [0, 0.05) is 6.04 Å². The Morgan fingerprint density at radius 1 is 1.36 bits per heavy atom. The van der Waals surface area contributed by atoms with Gasteiger partial charge in [-0.25, -0.2) is 0 Å². The molecule has 1 nitrogen and oxygen atoms in total. The molecule has 0 aromatic rings. The van der Waals surface area contributed by atoms with Crippen LogP contribution >= 0.6 is 0 Å². The van der Waals surface area contributed by atoms with E-state index in [-0.39, 0.29) is 0 Å². The van der Waals surface area contributed by atoms with Crippen molar-refractivity contribution < 1.29 is 0 Å². The summed E-state index contributed by atoms with van der Waals surface area (Å²) in [5, 5.41) is 3.56. The zero-order valence-electron chi connectivity index (χ0n) is 8.28. The van der Waals surface area contributed by atoms with Crippen LogP contribution in [-0.4, -0.2) is 12.6 Å². The summed E-state index contributed by atoms with van der Waals surface area (Å²) >= 11 is 0. The zero-order chi connectivity index (χ0) is 8.48. The van der Waals surface area contributed by atoms with Crippen LogP contribution < -0.4 is 5.32 Å². The van der Waals surface area contributed by atoms with E-state index in [9.17, 15) is 0 Å². The number of rotatable bonds is 1. The van der Waals surface area contributed by atoms with Gasteiger partial charge in [0.25, 0.3) is 0 Å². The van der Waals surface area contributed by atoms with Gasteiger partial charge in [-0.1, -0.05) is 27.7 Å². The minimum Gasteiger partial charge on any atom is -0.314 e. The van der Waals surface area contributed by atoms with Crippen LogP contribution in [0.1, 0.15) is 40.5 Å². The van der Waals surface area contributed by atoms with E-state index in [1.165, 1.54) is 19.4 Å². The van der Waals surface area contributed by atoms with E-state index >= 15 is 0 Å². The standard InChI is InChI=1S/C10H21N/c1-8-5-6-11-9(8)7-10(2,3)4/h8-9,11H,5-7H2,1-4H3/t8-,9+/m0/s1. The van der Waals surface area contributed by atoms with Crippen LogP contribution in [-0.2, 0) is 0 Å². The minimum absolute atomic E-state index is 0.482. The molecule has 0 aromatic heterocycles. The predicted molar refractivity (Wildman–Crippen MR) is 49.6 cm³/mol. The highest BCUT2D eigenvalue weighted by atomic mass is 14.9. The third kappa shape index (κ3) is 2.82. The monoisotopic (exact) mass is 155 g/mol. The molecule has 11 heavy (non-hydrogen) atoms. The topological polar surface area (TPSA) is 12.0 Å². The Bertz CT molecular complexity index is 123. The summed E-state index contributed by atoms with van der Waals surface area (Å²) in [6, 6.07) is 0.773. The summed E-state index contributed by atoms with van der Waals surface area (Å²) in [4.78, 5) is 0. The Balaban J connectivity index is 2.37. The van der Waals surface area contributed by atoms with Crippen molar-refractivity contribution in [1.82, 2.24) is 5.32 Å². The van der Waals surface area contributed by atoms with Gasteiger partial charge >= 0.3 is 0 Å². The van der Waals surface area contributed by atoms with Crippen LogP contribution in [0, 0.1) is 11.3 Å². The molecule has 66 valence electrons. The van der Waals surface area contributed by atoms with Gasteiger partial charge in [-0.2, -0.15) is 0 Å². The lowest BCUT2D eigenvalue weighted by atomic mass is 9.84. The molecule has 1 heterocycles. The Morgan fingerprint density at radius 2 is 2.00 bits per heavy atom. The first-order valence-electron chi connectivity index (χ1n) is 4.72. The van der Waals surface area contributed by atoms with E-state index in [0.29, 0.717) is 5.41 Å². The lowest BCUT2D eigenvalue weighted by molar-refractivity contribution is 0.295. The van der Waals surface area contributed by atoms with Crippen LogP contribution in [0.3, 0.4) is 0 Å². The van der Waals surface area contributed by atoms with Crippen LogP contribution in [0.25, 0.3) is 0 Å². The largest absolute Gasteiger partial charge is 0.314 e. The molecular formula is C10H21N. The van der Waals surface area contributed by atoms with Crippen molar-refractivity contribution in [3.63, 3.8) is 0 Å². The molecule has 0 radical (unpaired) electrons. The predicted octanol–water partition coefficient (Wildman–Crippen LogP) is 2.42. The molecule has 1 fully saturated rings. The second-order valence-electron chi connectivity index (χ2n) is 5.09. The third-order valence-corrected chi connectivity index (χ3v) is 2.53. The van der Waals surface area contributed by atoms with E-state index in [1.54, 1.807) is 0 Å². The van der Waals surface area contributed by atoms with Crippen molar-refractivity contribution in [1.29, 1.82) is 0 Å². The minimum atomic E-state index is 0.482. The van der Waals surface area contributed by atoms with Crippen molar-refractivity contribution in [3.8, 4) is 0 Å². The first-order chi connectivity index (χ1) is 4.99. The third-order valence-electron chi connectivity index (χ3n) is 2.53. The smallest absolute Gasteiger partial charge is 0.00981 e. The van der Waals surface area contributed by atoms with Gasteiger partial charge in [0.1, 0.15) is 0 Å². The van der Waals surface area contributed by atoms with Gasteiger partial charge in [-0.05, 0) is 30.7 Å². The molecule has 1 aliphatic rings. The highest BCUT2D eigenvalue weighted by Gasteiger charge is 2.26. The fraction of sp³-hybridized carbons (Fsp3) is 1.00. The molecule has 1 heteroatoms. The molecule has 1 N–H and O–H groups in total. The van der Waals surface area contributed by atoms with Crippen LogP contribution in [0.2, 0.25) is 0 Å². The number of hydrogen-bond donors (Lipinski definition) is 1. The molecule has 0 aliphatic carbocycles. The highest BCUT2D eigenvalue weighted by Crippen LogP contribution is 2.27. The summed E-state index contributed by atoms with van der Waals surface area (Å²) in [7, 11) is 0. The molecule has 2 atom stereocenters. The summed E-state index contributed by atoms with van der Waals surface area (Å²) in [5.74, 6) is 0.884. The fourth-order valence-electron chi connectivity index (χ4n) is 1.83. The van der Waals surface area contributed by atoms with E-state index in [1.807, 2.05) is 0 Å². The quantitative estimate of drug-likeness (QED) is 0.613. The van der Waals surface area contributed by atoms with Crippen molar-refractivity contribution in [2.75, 3.05) is 6.54 Å². The summed E-state index contributed by atoms with van der Waals surface area (Å²) < 4.78 is 0. The van der Waals surface area contributed by atoms with E-state index in [2.05, 4.69) is 33.0 Å². The van der Waals surface area contributed by atoms with Gasteiger partial charge in [-0.3, -0.25) is 0 Å². The van der Waals surface area contributed by atoms with Crippen molar-refractivity contribution in [2.45, 2.75) is 46.6 Å². The van der Waals surface area contributed by atoms with Crippen molar-refractivity contribution >= 4 is 0 Å². The summed E-state index contributed by atoms with van der Waals surface area (Å²) in [6.45, 7) is 10.5. The maximum absolute atomic E-state index is 3.56. The molecule has 1 aliphatic heterocycles. The molecule has 0 spiro atoms. The highest BCUT2D eigenvalue weighted by molar-refractivity contribution is 4.84. The maximum Gasteiger partial charge on any atom is 0.00981 e. The lowest BCUT2D eigenvalue weighted by Crippen LogP contribution is -2.30. The van der Waals surface area contributed by atoms with E-state index in [4.69, 9.17) is 0 Å². The van der Waals surface area contributed by atoms with Crippen molar-refractivity contribution in [3.05, 3.63) is 0 Å². The van der Waals surface area contributed by atoms with Gasteiger partial charge in [0.05, 0.1) is 0 Å². The van der Waals surface area contributed by atoms with Crippen LogP contribution in [0.4, 0.5) is 0 Å². The second-order valence-corrected chi connectivity index (χ2v) is 5.09. The Labute approximate surface area is 70.6 Å². The Kier molecular flexibility index (Phi) is 2.58. The molecule has 1 saturated heterocycles. The molecule has 0 unspecified atom stereocenters. The van der Waals surface area contributed by atoms with Crippen LogP contribution in [0.15, 0.2) is 0 Å². The van der Waals surface area contributed by atoms with E-state index < -0.39 is 0 Å². The Morgan fingerprint density at radius 3 is 2.36 bits per heavy atom. The zero-order valence-corrected chi connectivity index (χ0v) is 8.28. The SMILES string of the molecule is C[C@H]1CCN[C@@H]1CC(C)(C)C.